The second-order valence-electron chi connectivity index (χ2n) is 9.34. The van der Waals surface area contributed by atoms with Crippen LogP contribution < -0.4 is 0 Å². The first-order valence-electron chi connectivity index (χ1n) is 10.9. The fraction of sp³-hybridized carbons (Fsp3) is 0.783. The Balaban J connectivity index is 1.63. The molecule has 0 aromatic heterocycles. The van der Waals surface area contributed by atoms with Crippen LogP contribution in [-0.2, 0) is 23.9 Å². The molecule has 28 heavy (non-hydrogen) atoms. The summed E-state index contributed by atoms with van der Waals surface area (Å²) in [5.41, 5.74) is 1.29. The predicted octanol–water partition coefficient (Wildman–Crippen LogP) is 3.99. The fourth-order valence-corrected chi connectivity index (χ4v) is 7.36. The molecule has 0 unspecified atom stereocenters. The summed E-state index contributed by atoms with van der Waals surface area (Å²) in [6, 6.07) is 0. The van der Waals surface area contributed by atoms with Crippen molar-refractivity contribution >= 4 is 17.7 Å². The van der Waals surface area contributed by atoms with Crippen molar-refractivity contribution in [3.05, 3.63) is 11.6 Å². The molecule has 3 fully saturated rings. The molecule has 3 saturated carbocycles. The van der Waals surface area contributed by atoms with Gasteiger partial charge in [0.25, 0.3) is 0 Å². The average Bonchev–Trinajstić information content (AvgIpc) is 2.98. The molecule has 0 saturated heterocycles. The van der Waals surface area contributed by atoms with Gasteiger partial charge in [0.05, 0.1) is 0 Å². The smallest absolute Gasteiger partial charge is 0.302 e. The summed E-state index contributed by atoms with van der Waals surface area (Å²) >= 11 is 0. The zero-order valence-electron chi connectivity index (χ0n) is 17.2. The molecule has 5 nitrogen and oxygen atoms in total. The summed E-state index contributed by atoms with van der Waals surface area (Å²) in [5, 5.41) is 0. The van der Waals surface area contributed by atoms with Crippen LogP contribution in [0.25, 0.3) is 0 Å². The van der Waals surface area contributed by atoms with E-state index in [1.807, 2.05) is 6.08 Å². The molecule has 0 aliphatic heterocycles. The van der Waals surface area contributed by atoms with Gasteiger partial charge in [-0.3, -0.25) is 14.4 Å². The number of carbonyl (C=O) groups excluding carboxylic acids is 3. The number of fused-ring (bicyclic) bond motifs is 5. The van der Waals surface area contributed by atoms with Crippen LogP contribution in [0.15, 0.2) is 11.6 Å². The highest BCUT2D eigenvalue weighted by Crippen LogP contribution is 2.63. The lowest BCUT2D eigenvalue weighted by Gasteiger charge is -2.55. The van der Waals surface area contributed by atoms with Crippen molar-refractivity contribution < 1.29 is 23.9 Å². The van der Waals surface area contributed by atoms with E-state index in [2.05, 4.69) is 6.92 Å². The molecule has 0 heterocycles. The summed E-state index contributed by atoms with van der Waals surface area (Å²) < 4.78 is 11.4. The molecular formula is C23H32O5. The van der Waals surface area contributed by atoms with E-state index >= 15 is 0 Å². The molecule has 0 radical (unpaired) electrons. The molecule has 0 spiro atoms. The van der Waals surface area contributed by atoms with Crippen molar-refractivity contribution in [3.8, 4) is 0 Å². The van der Waals surface area contributed by atoms with Gasteiger partial charge in [-0.1, -0.05) is 12.5 Å². The maximum atomic E-state index is 12.2. The summed E-state index contributed by atoms with van der Waals surface area (Å²) in [6.07, 6.45) is 9.10. The van der Waals surface area contributed by atoms with Gasteiger partial charge in [0.15, 0.2) is 5.78 Å². The van der Waals surface area contributed by atoms with Crippen molar-refractivity contribution in [2.75, 3.05) is 0 Å². The van der Waals surface area contributed by atoms with Crippen LogP contribution in [0.2, 0.25) is 0 Å². The van der Waals surface area contributed by atoms with E-state index in [1.165, 1.54) is 19.4 Å². The molecule has 0 aromatic rings. The quantitative estimate of drug-likeness (QED) is 0.684. The third-order valence-electron chi connectivity index (χ3n) is 8.22. The van der Waals surface area contributed by atoms with Crippen LogP contribution in [0.5, 0.6) is 0 Å². The topological polar surface area (TPSA) is 69.7 Å². The number of esters is 2. The van der Waals surface area contributed by atoms with Crippen LogP contribution in [0.3, 0.4) is 0 Å². The third kappa shape index (κ3) is 3.11. The molecule has 0 aromatic carbocycles. The van der Waals surface area contributed by atoms with Crippen LogP contribution in [0, 0.1) is 29.1 Å². The van der Waals surface area contributed by atoms with Gasteiger partial charge >= 0.3 is 11.9 Å². The Morgan fingerprint density at radius 2 is 1.82 bits per heavy atom. The summed E-state index contributed by atoms with van der Waals surface area (Å²) in [6.45, 7) is 5.19. The van der Waals surface area contributed by atoms with E-state index in [0.29, 0.717) is 24.2 Å². The van der Waals surface area contributed by atoms with Crippen molar-refractivity contribution in [1.29, 1.82) is 0 Å². The average molecular weight is 389 g/mol. The Kier molecular flexibility index (Phi) is 5.13. The molecule has 0 N–H and O–H groups in total. The van der Waals surface area contributed by atoms with Crippen LogP contribution in [0.4, 0.5) is 0 Å². The van der Waals surface area contributed by atoms with Gasteiger partial charge < -0.3 is 9.47 Å². The highest BCUT2D eigenvalue weighted by Gasteiger charge is 2.60. The van der Waals surface area contributed by atoms with Gasteiger partial charge in [-0.05, 0) is 68.8 Å². The van der Waals surface area contributed by atoms with E-state index in [0.717, 1.165) is 44.9 Å². The van der Waals surface area contributed by atoms with E-state index in [1.54, 1.807) is 0 Å². The molecule has 154 valence electrons. The maximum absolute atomic E-state index is 12.2. The van der Waals surface area contributed by atoms with Gasteiger partial charge in [0, 0.05) is 31.6 Å². The van der Waals surface area contributed by atoms with Crippen LogP contribution in [0.1, 0.15) is 72.1 Å². The Bertz CT molecular complexity index is 710. The fourth-order valence-electron chi connectivity index (χ4n) is 7.36. The number of ketones is 1. The Hall–Kier alpha value is -1.65. The van der Waals surface area contributed by atoms with E-state index < -0.39 is 0 Å². The summed E-state index contributed by atoms with van der Waals surface area (Å²) in [4.78, 5) is 35.5. The number of carbonyl (C=O) groups is 3. The predicted molar refractivity (Wildman–Crippen MR) is 103 cm³/mol. The van der Waals surface area contributed by atoms with Crippen molar-refractivity contribution in [2.45, 2.75) is 84.3 Å². The van der Waals surface area contributed by atoms with Gasteiger partial charge in [0.2, 0.25) is 0 Å². The minimum Gasteiger partial charge on any atom is -0.462 e. The molecular weight excluding hydrogens is 356 g/mol. The lowest BCUT2D eigenvalue weighted by atomic mass is 9.50. The van der Waals surface area contributed by atoms with Gasteiger partial charge in [0.1, 0.15) is 12.2 Å². The monoisotopic (exact) mass is 388 g/mol. The number of rotatable bonds is 3. The Morgan fingerprint density at radius 3 is 2.50 bits per heavy atom. The maximum Gasteiger partial charge on any atom is 0.302 e. The second-order valence-corrected chi connectivity index (χ2v) is 9.34. The third-order valence-corrected chi connectivity index (χ3v) is 8.22. The molecule has 5 heteroatoms. The van der Waals surface area contributed by atoms with Crippen molar-refractivity contribution in [3.63, 3.8) is 0 Å². The Morgan fingerprint density at radius 1 is 1.07 bits per heavy atom. The summed E-state index contributed by atoms with van der Waals surface area (Å²) in [7, 11) is 0. The zero-order valence-corrected chi connectivity index (χ0v) is 17.2. The molecule has 4 rings (SSSR count). The number of hydrogen-bond acceptors (Lipinski definition) is 5. The molecule has 7 atom stereocenters. The van der Waals surface area contributed by atoms with E-state index in [9.17, 15) is 14.4 Å². The zero-order chi connectivity index (χ0) is 20.1. The highest BCUT2D eigenvalue weighted by atomic mass is 16.5. The SMILES string of the molecule is CC[C@]12CC[C@H]3[C@@H](CCC4=CC(=O)C[C@@H](OC(C)=O)[C@@H]43)[C@@H]1CC[C@@H]2OC(C)=O. The molecule has 4 aliphatic rings. The van der Waals surface area contributed by atoms with E-state index in [4.69, 9.17) is 9.47 Å². The largest absolute Gasteiger partial charge is 0.462 e. The van der Waals surface area contributed by atoms with Crippen LogP contribution >= 0.6 is 0 Å². The standard InChI is InChI=1S/C23H32O5/c1-4-23-10-9-18-17(19(23)7-8-21(23)28-14(3)25)6-5-15-11-16(26)12-20(22(15)18)27-13(2)24/h11,17-22H,4-10,12H2,1-3H3/t17-,18+,19+,20-,21+,22+,23+/m1/s1. The second kappa shape index (κ2) is 7.31. The normalized spacial score (nSPS) is 42.0. The van der Waals surface area contributed by atoms with Crippen molar-refractivity contribution in [1.82, 2.24) is 0 Å². The number of hydrogen-bond donors (Lipinski definition) is 0. The first-order valence-corrected chi connectivity index (χ1v) is 10.9. The number of ether oxygens (including phenoxy) is 2. The van der Waals surface area contributed by atoms with E-state index in [-0.39, 0.29) is 41.3 Å². The molecule has 0 amide bonds. The molecule has 4 aliphatic carbocycles. The first-order chi connectivity index (χ1) is 13.4. The van der Waals surface area contributed by atoms with Gasteiger partial charge in [-0.25, -0.2) is 0 Å². The molecule has 0 bridgehead atoms. The summed E-state index contributed by atoms with van der Waals surface area (Å²) in [5.74, 6) is 1.37. The minimum absolute atomic E-state index is 0.0371. The highest BCUT2D eigenvalue weighted by molar-refractivity contribution is 5.92. The van der Waals surface area contributed by atoms with Crippen molar-refractivity contribution in [2.24, 2.45) is 29.1 Å². The lowest BCUT2D eigenvalue weighted by molar-refractivity contribution is -0.161. The van der Waals surface area contributed by atoms with Gasteiger partial charge in [-0.2, -0.15) is 0 Å². The minimum atomic E-state index is -0.308. The first kappa shape index (κ1) is 19.7. The lowest BCUT2D eigenvalue weighted by Crippen LogP contribution is -2.52. The van der Waals surface area contributed by atoms with Gasteiger partial charge in [-0.15, -0.1) is 0 Å². The van der Waals surface area contributed by atoms with Crippen LogP contribution in [-0.4, -0.2) is 29.9 Å². The Labute approximate surface area is 167 Å².